The SMILES string of the molecule is CCN(C(=O)CN1CCCN(c2nc3ccccc3[nH]2)CC1)C(C)c1ccc(F)cc1. The first kappa shape index (κ1) is 21.3. The topological polar surface area (TPSA) is 55.5 Å². The molecule has 0 aliphatic carbocycles. The highest BCUT2D eigenvalue weighted by Crippen LogP contribution is 2.22. The zero-order valence-electron chi connectivity index (χ0n) is 18.2. The number of nitrogens with one attached hydrogen (secondary N) is 1. The van der Waals surface area contributed by atoms with E-state index in [0.29, 0.717) is 13.1 Å². The molecule has 1 unspecified atom stereocenters. The summed E-state index contributed by atoms with van der Waals surface area (Å²) < 4.78 is 13.3. The number of benzene rings is 2. The second-order valence-corrected chi connectivity index (χ2v) is 8.10. The molecule has 2 aromatic carbocycles. The monoisotopic (exact) mass is 423 g/mol. The number of nitrogens with zero attached hydrogens (tertiary/aromatic N) is 4. The van der Waals surface area contributed by atoms with Gasteiger partial charge in [0.1, 0.15) is 5.82 Å². The van der Waals surface area contributed by atoms with Crippen LogP contribution in [0, 0.1) is 5.82 Å². The number of carbonyl (C=O) groups is 1. The van der Waals surface area contributed by atoms with Gasteiger partial charge in [0.05, 0.1) is 23.6 Å². The van der Waals surface area contributed by atoms with Crippen LogP contribution in [0.25, 0.3) is 11.0 Å². The number of halogens is 1. The average molecular weight is 424 g/mol. The number of rotatable bonds is 6. The molecule has 7 heteroatoms. The Balaban J connectivity index is 1.37. The lowest BCUT2D eigenvalue weighted by atomic mass is 10.1. The molecule has 1 saturated heterocycles. The second-order valence-electron chi connectivity index (χ2n) is 8.10. The van der Waals surface area contributed by atoms with Gasteiger partial charge in [0.25, 0.3) is 0 Å². The van der Waals surface area contributed by atoms with E-state index in [-0.39, 0.29) is 17.8 Å². The van der Waals surface area contributed by atoms with Gasteiger partial charge in [-0.3, -0.25) is 9.69 Å². The number of hydrogen-bond donors (Lipinski definition) is 1. The molecule has 2 heterocycles. The molecule has 1 aliphatic heterocycles. The minimum absolute atomic E-state index is 0.0860. The van der Waals surface area contributed by atoms with E-state index in [1.54, 1.807) is 12.1 Å². The van der Waals surface area contributed by atoms with Crippen LogP contribution in [0.4, 0.5) is 10.3 Å². The Kier molecular flexibility index (Phi) is 6.51. The molecule has 0 radical (unpaired) electrons. The van der Waals surface area contributed by atoms with Crippen molar-refractivity contribution in [1.82, 2.24) is 19.8 Å². The van der Waals surface area contributed by atoms with Crippen LogP contribution in [0.1, 0.15) is 31.9 Å². The van der Waals surface area contributed by atoms with Gasteiger partial charge in [-0.2, -0.15) is 0 Å². The van der Waals surface area contributed by atoms with Gasteiger partial charge in [0.15, 0.2) is 0 Å². The molecule has 1 fully saturated rings. The molecule has 31 heavy (non-hydrogen) atoms. The standard InChI is InChI=1S/C24H30FN5O/c1-3-30(18(2)19-9-11-20(25)12-10-19)23(31)17-28-13-6-14-29(16-15-28)24-26-21-7-4-5-8-22(21)27-24/h4-5,7-12,18H,3,6,13-17H2,1-2H3,(H,26,27). The number of imidazole rings is 1. The largest absolute Gasteiger partial charge is 0.341 e. The molecule has 1 N–H and O–H groups in total. The summed E-state index contributed by atoms with van der Waals surface area (Å²) in [5.74, 6) is 0.745. The van der Waals surface area contributed by atoms with Gasteiger partial charge in [-0.1, -0.05) is 24.3 Å². The van der Waals surface area contributed by atoms with Crippen molar-refractivity contribution in [2.75, 3.05) is 44.2 Å². The van der Waals surface area contributed by atoms with Crippen LogP contribution in [0.5, 0.6) is 0 Å². The maximum atomic E-state index is 13.3. The van der Waals surface area contributed by atoms with Crippen molar-refractivity contribution in [3.63, 3.8) is 0 Å². The Morgan fingerprint density at radius 1 is 1.13 bits per heavy atom. The van der Waals surface area contributed by atoms with E-state index in [4.69, 9.17) is 4.98 Å². The number of amides is 1. The predicted molar refractivity (Wildman–Crippen MR) is 122 cm³/mol. The van der Waals surface area contributed by atoms with Crippen molar-refractivity contribution in [3.05, 3.63) is 59.9 Å². The lowest BCUT2D eigenvalue weighted by Crippen LogP contribution is -2.42. The van der Waals surface area contributed by atoms with Crippen LogP contribution in [0.3, 0.4) is 0 Å². The lowest BCUT2D eigenvalue weighted by Gasteiger charge is -2.31. The Hall–Kier alpha value is -2.93. The van der Waals surface area contributed by atoms with Crippen LogP contribution in [0.15, 0.2) is 48.5 Å². The van der Waals surface area contributed by atoms with Crippen LogP contribution in [-0.2, 0) is 4.79 Å². The number of carbonyl (C=O) groups excluding carboxylic acids is 1. The van der Waals surface area contributed by atoms with E-state index in [2.05, 4.69) is 14.8 Å². The summed E-state index contributed by atoms with van der Waals surface area (Å²) >= 11 is 0. The minimum atomic E-state index is -0.260. The Morgan fingerprint density at radius 3 is 2.65 bits per heavy atom. The smallest absolute Gasteiger partial charge is 0.237 e. The van der Waals surface area contributed by atoms with Gasteiger partial charge in [0, 0.05) is 32.7 Å². The molecule has 3 aromatic rings. The maximum absolute atomic E-state index is 13.3. The summed E-state index contributed by atoms with van der Waals surface area (Å²) in [4.78, 5) is 27.6. The predicted octanol–water partition coefficient (Wildman–Crippen LogP) is 3.82. The van der Waals surface area contributed by atoms with Crippen molar-refractivity contribution in [2.45, 2.75) is 26.3 Å². The molecule has 6 nitrogen and oxygen atoms in total. The number of anilines is 1. The highest BCUT2D eigenvalue weighted by atomic mass is 19.1. The second kappa shape index (κ2) is 9.47. The molecule has 4 rings (SSSR count). The van der Waals surface area contributed by atoms with E-state index in [1.807, 2.05) is 43.0 Å². The molecule has 0 bridgehead atoms. The summed E-state index contributed by atoms with van der Waals surface area (Å²) in [6.45, 7) is 8.44. The van der Waals surface area contributed by atoms with Gasteiger partial charge in [-0.15, -0.1) is 0 Å². The highest BCUT2D eigenvalue weighted by Gasteiger charge is 2.24. The molecule has 0 spiro atoms. The van der Waals surface area contributed by atoms with Crippen LogP contribution < -0.4 is 4.90 Å². The Morgan fingerprint density at radius 2 is 1.90 bits per heavy atom. The van der Waals surface area contributed by atoms with Crippen molar-refractivity contribution in [1.29, 1.82) is 0 Å². The Bertz CT molecular complexity index is 985. The van der Waals surface area contributed by atoms with Crippen molar-refractivity contribution in [2.24, 2.45) is 0 Å². The van der Waals surface area contributed by atoms with E-state index in [1.165, 1.54) is 12.1 Å². The molecular formula is C24H30FN5O. The maximum Gasteiger partial charge on any atom is 0.237 e. The molecule has 164 valence electrons. The number of likely N-dealkylation sites (N-methyl/N-ethyl adjacent to an activating group) is 1. The fraction of sp³-hybridized carbons (Fsp3) is 0.417. The first-order valence-corrected chi connectivity index (χ1v) is 11.0. The van der Waals surface area contributed by atoms with Gasteiger partial charge in [0.2, 0.25) is 11.9 Å². The quantitative estimate of drug-likeness (QED) is 0.655. The minimum Gasteiger partial charge on any atom is -0.341 e. The van der Waals surface area contributed by atoms with E-state index in [0.717, 1.165) is 55.1 Å². The van der Waals surface area contributed by atoms with Gasteiger partial charge >= 0.3 is 0 Å². The summed E-state index contributed by atoms with van der Waals surface area (Å²) in [7, 11) is 0. The van der Waals surface area contributed by atoms with Crippen LogP contribution in [-0.4, -0.2) is 64.9 Å². The van der Waals surface area contributed by atoms with Crippen molar-refractivity contribution < 1.29 is 9.18 Å². The summed E-state index contributed by atoms with van der Waals surface area (Å²) in [6.07, 6.45) is 0.976. The molecule has 1 atom stereocenters. The number of aromatic nitrogens is 2. The van der Waals surface area contributed by atoms with Gasteiger partial charge in [-0.25, -0.2) is 9.37 Å². The van der Waals surface area contributed by atoms with Crippen molar-refractivity contribution in [3.8, 4) is 0 Å². The molecular weight excluding hydrogens is 393 g/mol. The highest BCUT2D eigenvalue weighted by molar-refractivity contribution is 5.79. The zero-order valence-corrected chi connectivity index (χ0v) is 18.2. The zero-order chi connectivity index (χ0) is 21.8. The van der Waals surface area contributed by atoms with E-state index in [9.17, 15) is 9.18 Å². The lowest BCUT2D eigenvalue weighted by molar-refractivity contribution is -0.134. The number of para-hydroxylation sites is 2. The fourth-order valence-electron chi connectivity index (χ4n) is 4.30. The molecule has 0 saturated carbocycles. The number of aromatic amines is 1. The third kappa shape index (κ3) is 4.88. The normalized spacial score (nSPS) is 16.3. The number of hydrogen-bond acceptors (Lipinski definition) is 4. The fourth-order valence-corrected chi connectivity index (χ4v) is 4.30. The van der Waals surface area contributed by atoms with Gasteiger partial charge < -0.3 is 14.8 Å². The third-order valence-electron chi connectivity index (χ3n) is 6.10. The van der Waals surface area contributed by atoms with Crippen molar-refractivity contribution >= 4 is 22.9 Å². The summed E-state index contributed by atoms with van der Waals surface area (Å²) in [5, 5.41) is 0. The summed E-state index contributed by atoms with van der Waals surface area (Å²) in [6, 6.07) is 14.4. The first-order chi connectivity index (χ1) is 15.0. The molecule has 1 amide bonds. The average Bonchev–Trinajstić information content (AvgIpc) is 3.07. The molecule has 1 aliphatic rings. The van der Waals surface area contributed by atoms with Crippen LogP contribution >= 0.6 is 0 Å². The summed E-state index contributed by atoms with van der Waals surface area (Å²) in [5.41, 5.74) is 2.97. The van der Waals surface area contributed by atoms with E-state index < -0.39 is 0 Å². The first-order valence-electron chi connectivity index (χ1n) is 11.0. The molecule has 1 aromatic heterocycles. The van der Waals surface area contributed by atoms with Gasteiger partial charge in [-0.05, 0) is 50.1 Å². The third-order valence-corrected chi connectivity index (χ3v) is 6.10. The van der Waals surface area contributed by atoms with Crippen LogP contribution in [0.2, 0.25) is 0 Å². The number of H-pyrrole nitrogens is 1. The number of fused-ring (bicyclic) bond motifs is 1. The van der Waals surface area contributed by atoms with E-state index >= 15 is 0 Å². The Labute approximate surface area is 182 Å².